The fraction of sp³-hybridized carbons (Fsp3) is 0.107. The van der Waals surface area contributed by atoms with E-state index in [4.69, 9.17) is 4.74 Å². The van der Waals surface area contributed by atoms with Crippen molar-refractivity contribution in [2.75, 3.05) is 0 Å². The van der Waals surface area contributed by atoms with Crippen LogP contribution in [0.3, 0.4) is 0 Å². The minimum Gasteiger partial charge on any atom is -0.489 e. The molecule has 0 amide bonds. The zero-order valence-electron chi connectivity index (χ0n) is 18.3. The summed E-state index contributed by atoms with van der Waals surface area (Å²) in [5.41, 5.74) is 1.75. The van der Waals surface area contributed by atoms with Gasteiger partial charge in [0.25, 0.3) is 0 Å². The summed E-state index contributed by atoms with van der Waals surface area (Å²) in [6.45, 7) is 0.384. The van der Waals surface area contributed by atoms with Crippen LogP contribution in [0.25, 0.3) is 0 Å². The number of carbonyl (C=O) groups excluding carboxylic acids is 1. The van der Waals surface area contributed by atoms with Crippen LogP contribution in [-0.4, -0.2) is 14.2 Å². The third kappa shape index (κ3) is 5.58. The van der Waals surface area contributed by atoms with Gasteiger partial charge >= 0.3 is 0 Å². The third-order valence-corrected chi connectivity index (χ3v) is 7.60. The average molecular weight is 475 g/mol. The number of Topliss-reactive ketones (excluding diaryl/α,β-unsaturated/α-hetero) is 1. The zero-order valence-corrected chi connectivity index (χ0v) is 19.1. The summed E-state index contributed by atoms with van der Waals surface area (Å²) in [6, 6.07) is 29.6. The first kappa shape index (κ1) is 23.4. The van der Waals surface area contributed by atoms with Crippen LogP contribution in [0.5, 0.6) is 5.75 Å². The molecule has 0 bridgehead atoms. The second-order valence-corrected chi connectivity index (χ2v) is 9.95. The van der Waals surface area contributed by atoms with Crippen LogP contribution >= 0.6 is 0 Å². The molecule has 4 aromatic carbocycles. The second kappa shape index (κ2) is 10.4. The molecule has 34 heavy (non-hydrogen) atoms. The summed E-state index contributed by atoms with van der Waals surface area (Å²) in [5, 5.41) is -1.10. The molecule has 0 aliphatic rings. The number of rotatable bonds is 9. The molecule has 4 nitrogen and oxygen atoms in total. The number of sulfone groups is 1. The number of hydrogen-bond acceptors (Lipinski definition) is 4. The minimum absolute atomic E-state index is 0.135. The van der Waals surface area contributed by atoms with Crippen LogP contribution in [0.2, 0.25) is 0 Å². The highest BCUT2D eigenvalue weighted by Gasteiger charge is 2.31. The van der Waals surface area contributed by atoms with Gasteiger partial charge in [-0.3, -0.25) is 4.79 Å². The quantitative estimate of drug-likeness (QED) is 0.271. The van der Waals surface area contributed by atoms with Crippen molar-refractivity contribution < 1.29 is 22.3 Å². The van der Waals surface area contributed by atoms with E-state index >= 15 is 0 Å². The van der Waals surface area contributed by atoms with Gasteiger partial charge in [0.05, 0.1) is 10.1 Å². The van der Waals surface area contributed by atoms with Crippen LogP contribution in [0.1, 0.15) is 33.2 Å². The van der Waals surface area contributed by atoms with Crippen LogP contribution in [0.4, 0.5) is 4.39 Å². The summed E-state index contributed by atoms with van der Waals surface area (Å²) in [7, 11) is -3.87. The van der Waals surface area contributed by atoms with Gasteiger partial charge in [0.1, 0.15) is 18.2 Å². The fourth-order valence-corrected chi connectivity index (χ4v) is 5.37. The topological polar surface area (TPSA) is 60.4 Å². The van der Waals surface area contributed by atoms with E-state index in [0.717, 1.165) is 5.56 Å². The number of benzene rings is 4. The lowest BCUT2D eigenvalue weighted by Gasteiger charge is -2.18. The molecule has 0 N–H and O–H groups in total. The fourth-order valence-electron chi connectivity index (χ4n) is 3.62. The van der Waals surface area contributed by atoms with Gasteiger partial charge in [0, 0.05) is 12.0 Å². The lowest BCUT2D eigenvalue weighted by atomic mass is 10.0. The molecule has 0 radical (unpaired) electrons. The van der Waals surface area contributed by atoms with Crippen LogP contribution in [-0.2, 0) is 16.4 Å². The molecule has 0 aromatic heterocycles. The Balaban J connectivity index is 1.61. The standard InChI is InChI=1S/C28H23FO4S/c29-24-15-11-22(12-16-24)27(30)19-28(34(31,32)26-9-5-2-6-10-26)23-13-17-25(18-14-23)33-20-21-7-3-1-4-8-21/h1-18,28H,19-20H2. The predicted molar refractivity (Wildman–Crippen MR) is 129 cm³/mol. The SMILES string of the molecule is O=C(CC(c1ccc(OCc2ccccc2)cc1)S(=O)(=O)c1ccccc1)c1ccc(F)cc1. The van der Waals surface area contributed by atoms with E-state index in [0.29, 0.717) is 17.9 Å². The van der Waals surface area contributed by atoms with Gasteiger partial charge in [0.2, 0.25) is 0 Å². The van der Waals surface area contributed by atoms with Crippen molar-refractivity contribution in [2.45, 2.75) is 23.2 Å². The van der Waals surface area contributed by atoms with Gasteiger partial charge in [-0.2, -0.15) is 0 Å². The van der Waals surface area contributed by atoms with Crippen molar-refractivity contribution in [1.82, 2.24) is 0 Å². The van der Waals surface area contributed by atoms with E-state index in [1.54, 1.807) is 42.5 Å². The highest BCUT2D eigenvalue weighted by atomic mass is 32.2. The van der Waals surface area contributed by atoms with E-state index < -0.39 is 20.9 Å². The maximum atomic E-state index is 13.5. The molecule has 4 aromatic rings. The van der Waals surface area contributed by atoms with Crippen molar-refractivity contribution in [3.05, 3.63) is 132 Å². The summed E-state index contributed by atoms with van der Waals surface area (Å²) < 4.78 is 46.1. The average Bonchev–Trinajstić information content (AvgIpc) is 2.88. The molecule has 0 heterocycles. The Kier molecular flexibility index (Phi) is 7.18. The molecule has 0 spiro atoms. The summed E-state index contributed by atoms with van der Waals surface area (Å²) in [4.78, 5) is 13.1. The largest absolute Gasteiger partial charge is 0.489 e. The normalized spacial score (nSPS) is 12.1. The third-order valence-electron chi connectivity index (χ3n) is 5.48. The Morgan fingerprint density at radius 2 is 1.35 bits per heavy atom. The Morgan fingerprint density at radius 3 is 1.97 bits per heavy atom. The second-order valence-electron chi connectivity index (χ2n) is 7.82. The van der Waals surface area contributed by atoms with Crippen LogP contribution in [0.15, 0.2) is 114 Å². The van der Waals surface area contributed by atoms with Crippen LogP contribution < -0.4 is 4.74 Å². The zero-order chi connectivity index (χ0) is 24.0. The molecular weight excluding hydrogens is 451 g/mol. The maximum Gasteiger partial charge on any atom is 0.185 e. The summed E-state index contributed by atoms with van der Waals surface area (Å²) >= 11 is 0. The van der Waals surface area contributed by atoms with Gasteiger partial charge in [0.15, 0.2) is 15.6 Å². The molecule has 1 unspecified atom stereocenters. The Labute approximate surface area is 198 Å². The lowest BCUT2D eigenvalue weighted by molar-refractivity contribution is 0.0980. The highest BCUT2D eigenvalue weighted by Crippen LogP contribution is 2.34. The first-order chi connectivity index (χ1) is 16.4. The Morgan fingerprint density at radius 1 is 0.765 bits per heavy atom. The molecule has 0 fully saturated rings. The summed E-state index contributed by atoms with van der Waals surface area (Å²) in [6.07, 6.45) is -0.271. The molecule has 6 heteroatoms. The van der Waals surface area contributed by atoms with E-state index in [2.05, 4.69) is 0 Å². The number of carbonyl (C=O) groups is 1. The molecule has 172 valence electrons. The van der Waals surface area contributed by atoms with E-state index in [9.17, 15) is 17.6 Å². The minimum atomic E-state index is -3.87. The lowest BCUT2D eigenvalue weighted by Crippen LogP contribution is -2.18. The van der Waals surface area contributed by atoms with E-state index in [1.165, 1.54) is 36.4 Å². The van der Waals surface area contributed by atoms with Crippen molar-refractivity contribution in [1.29, 1.82) is 0 Å². The molecule has 0 aliphatic heterocycles. The van der Waals surface area contributed by atoms with Crippen molar-refractivity contribution in [3.63, 3.8) is 0 Å². The highest BCUT2D eigenvalue weighted by molar-refractivity contribution is 7.91. The van der Waals surface area contributed by atoms with Gasteiger partial charge in [-0.15, -0.1) is 0 Å². The van der Waals surface area contributed by atoms with Crippen molar-refractivity contribution in [2.24, 2.45) is 0 Å². The van der Waals surface area contributed by atoms with Crippen molar-refractivity contribution >= 4 is 15.6 Å². The number of halogens is 1. The molecular formula is C28H23FO4S. The number of hydrogen-bond donors (Lipinski definition) is 0. The Hall–Kier alpha value is -3.77. The smallest absolute Gasteiger partial charge is 0.185 e. The summed E-state index contributed by atoms with van der Waals surface area (Å²) in [5.74, 6) is -0.252. The van der Waals surface area contributed by atoms with Crippen molar-refractivity contribution in [3.8, 4) is 5.75 Å². The van der Waals surface area contributed by atoms with Gasteiger partial charge < -0.3 is 4.74 Å². The number of ketones is 1. The molecule has 0 saturated heterocycles. The molecule has 0 saturated carbocycles. The predicted octanol–water partition coefficient (Wildman–Crippen LogP) is 6.19. The molecule has 4 rings (SSSR count). The Bertz CT molecular complexity index is 1340. The van der Waals surface area contributed by atoms with E-state index in [1.807, 2.05) is 30.3 Å². The van der Waals surface area contributed by atoms with Gasteiger partial charge in [-0.05, 0) is 59.7 Å². The molecule has 0 aliphatic carbocycles. The molecule has 1 atom stereocenters. The first-order valence-corrected chi connectivity index (χ1v) is 12.3. The van der Waals surface area contributed by atoms with Crippen LogP contribution in [0, 0.1) is 5.82 Å². The van der Waals surface area contributed by atoms with E-state index in [-0.39, 0.29) is 22.7 Å². The maximum absolute atomic E-state index is 13.5. The number of ether oxygens (including phenoxy) is 1. The van der Waals surface area contributed by atoms with Gasteiger partial charge in [-0.25, -0.2) is 12.8 Å². The van der Waals surface area contributed by atoms with Gasteiger partial charge in [-0.1, -0.05) is 60.7 Å². The monoisotopic (exact) mass is 474 g/mol. The first-order valence-electron chi connectivity index (χ1n) is 10.8.